The Kier molecular flexibility index (Phi) is 5.12. The number of esters is 1. The first kappa shape index (κ1) is 17.8. The summed E-state index contributed by atoms with van der Waals surface area (Å²) >= 11 is 0. The van der Waals surface area contributed by atoms with Gasteiger partial charge < -0.3 is 13.9 Å². The Bertz CT molecular complexity index is 906. The molecule has 0 amide bonds. The lowest BCUT2D eigenvalue weighted by atomic mass is 9.96. The number of furan rings is 1. The van der Waals surface area contributed by atoms with Crippen LogP contribution in [0.15, 0.2) is 71.7 Å². The van der Waals surface area contributed by atoms with Crippen LogP contribution in [0.25, 0.3) is 22.3 Å². The highest BCUT2D eigenvalue weighted by Crippen LogP contribution is 2.30. The summed E-state index contributed by atoms with van der Waals surface area (Å²) in [7, 11) is 0. The summed E-state index contributed by atoms with van der Waals surface area (Å²) in [6.07, 6.45) is 1.16. The van der Waals surface area contributed by atoms with E-state index < -0.39 is 5.97 Å². The quantitative estimate of drug-likeness (QED) is 0.432. The van der Waals surface area contributed by atoms with E-state index in [2.05, 4.69) is 6.58 Å². The van der Waals surface area contributed by atoms with Gasteiger partial charge in [-0.3, -0.25) is 0 Å². The van der Waals surface area contributed by atoms with E-state index in [-0.39, 0.29) is 12.0 Å². The average Bonchev–Trinajstić information content (AvgIpc) is 3.09. The van der Waals surface area contributed by atoms with Crippen molar-refractivity contribution in [2.24, 2.45) is 5.41 Å². The second-order valence-electron chi connectivity index (χ2n) is 6.94. The van der Waals surface area contributed by atoms with Crippen molar-refractivity contribution >= 4 is 16.9 Å². The van der Waals surface area contributed by atoms with E-state index in [1.165, 1.54) is 0 Å². The van der Waals surface area contributed by atoms with Gasteiger partial charge in [-0.1, -0.05) is 50.8 Å². The third kappa shape index (κ3) is 4.33. The molecule has 0 aliphatic rings. The monoisotopic (exact) mass is 350 g/mol. The van der Waals surface area contributed by atoms with Crippen LogP contribution in [0.1, 0.15) is 13.8 Å². The molecular formula is C22H22O4. The lowest BCUT2D eigenvalue weighted by molar-refractivity contribution is -0.141. The Labute approximate surface area is 153 Å². The van der Waals surface area contributed by atoms with Crippen LogP contribution in [0.4, 0.5) is 0 Å². The van der Waals surface area contributed by atoms with Crippen LogP contribution in [0.5, 0.6) is 5.75 Å². The summed E-state index contributed by atoms with van der Waals surface area (Å²) in [5.41, 5.74) is 1.50. The van der Waals surface area contributed by atoms with Gasteiger partial charge in [0.1, 0.15) is 17.1 Å². The second-order valence-corrected chi connectivity index (χ2v) is 6.94. The molecule has 0 saturated carbocycles. The van der Waals surface area contributed by atoms with Crippen LogP contribution in [0.2, 0.25) is 0 Å². The van der Waals surface area contributed by atoms with E-state index in [1.54, 1.807) is 0 Å². The van der Waals surface area contributed by atoms with E-state index in [1.807, 2.05) is 68.4 Å². The number of fused-ring (bicyclic) bond motifs is 1. The average molecular weight is 350 g/mol. The second kappa shape index (κ2) is 7.48. The Morgan fingerprint density at radius 2 is 1.88 bits per heavy atom. The zero-order valence-electron chi connectivity index (χ0n) is 15.0. The smallest absolute Gasteiger partial charge is 0.330 e. The fraction of sp³-hybridized carbons (Fsp3) is 0.227. The standard InChI is InChI=1S/C22H22O4/c1-4-21(23)25-15-22(2,3)14-24-18-11-10-17-12-19(26-20(17)13-18)16-8-6-5-7-9-16/h4-13H,1,14-15H2,2-3H3. The third-order valence-electron chi connectivity index (χ3n) is 3.95. The first-order valence-electron chi connectivity index (χ1n) is 8.48. The van der Waals surface area contributed by atoms with Crippen LogP contribution in [0.3, 0.4) is 0 Å². The van der Waals surface area contributed by atoms with Crippen molar-refractivity contribution in [3.63, 3.8) is 0 Å². The van der Waals surface area contributed by atoms with E-state index in [0.717, 1.165) is 34.1 Å². The highest BCUT2D eigenvalue weighted by molar-refractivity contribution is 5.84. The van der Waals surface area contributed by atoms with Gasteiger partial charge in [0, 0.05) is 28.5 Å². The third-order valence-corrected chi connectivity index (χ3v) is 3.95. The fourth-order valence-electron chi connectivity index (χ4n) is 2.49. The summed E-state index contributed by atoms with van der Waals surface area (Å²) in [6, 6.07) is 17.8. The zero-order chi connectivity index (χ0) is 18.6. The van der Waals surface area contributed by atoms with Gasteiger partial charge in [-0.15, -0.1) is 0 Å². The normalized spacial score (nSPS) is 11.3. The molecule has 0 radical (unpaired) electrons. The van der Waals surface area contributed by atoms with Crippen LogP contribution in [0, 0.1) is 5.41 Å². The molecule has 0 aliphatic carbocycles. The van der Waals surface area contributed by atoms with Crippen molar-refractivity contribution in [3.8, 4) is 17.1 Å². The number of rotatable bonds is 7. The molecule has 2 aromatic carbocycles. The Balaban J connectivity index is 1.69. The topological polar surface area (TPSA) is 48.7 Å². The van der Waals surface area contributed by atoms with Gasteiger partial charge in [0.2, 0.25) is 0 Å². The first-order valence-corrected chi connectivity index (χ1v) is 8.48. The minimum Gasteiger partial charge on any atom is -0.493 e. The molecule has 0 unspecified atom stereocenters. The number of carbonyl (C=O) groups excluding carboxylic acids is 1. The van der Waals surface area contributed by atoms with Crippen molar-refractivity contribution in [1.29, 1.82) is 0 Å². The minimum absolute atomic E-state index is 0.263. The Morgan fingerprint density at radius 3 is 2.62 bits per heavy atom. The molecule has 4 heteroatoms. The van der Waals surface area contributed by atoms with Gasteiger partial charge in [-0.25, -0.2) is 4.79 Å². The van der Waals surface area contributed by atoms with Crippen molar-refractivity contribution in [2.45, 2.75) is 13.8 Å². The SMILES string of the molecule is C=CC(=O)OCC(C)(C)COc1ccc2cc(-c3ccccc3)oc2c1. The molecule has 0 N–H and O–H groups in total. The molecule has 1 heterocycles. The molecule has 3 rings (SSSR count). The maximum atomic E-state index is 11.2. The van der Waals surface area contributed by atoms with Gasteiger partial charge in [-0.2, -0.15) is 0 Å². The number of carbonyl (C=O) groups is 1. The van der Waals surface area contributed by atoms with Gasteiger partial charge in [0.05, 0.1) is 13.2 Å². The van der Waals surface area contributed by atoms with E-state index >= 15 is 0 Å². The molecule has 0 fully saturated rings. The molecule has 0 spiro atoms. The fourth-order valence-corrected chi connectivity index (χ4v) is 2.49. The van der Waals surface area contributed by atoms with Crippen LogP contribution in [-0.4, -0.2) is 19.2 Å². The van der Waals surface area contributed by atoms with Crippen molar-refractivity contribution in [3.05, 3.63) is 67.3 Å². The summed E-state index contributed by atoms with van der Waals surface area (Å²) in [6.45, 7) is 8.02. The minimum atomic E-state index is -0.427. The molecule has 0 aliphatic heterocycles. The van der Waals surface area contributed by atoms with Crippen molar-refractivity contribution in [1.82, 2.24) is 0 Å². The van der Waals surface area contributed by atoms with Gasteiger partial charge in [-0.05, 0) is 18.2 Å². The lowest BCUT2D eigenvalue weighted by Crippen LogP contribution is -2.28. The predicted octanol–water partition coefficient (Wildman–Crippen LogP) is 5.23. The molecule has 0 bridgehead atoms. The van der Waals surface area contributed by atoms with E-state index in [9.17, 15) is 4.79 Å². The Hall–Kier alpha value is -3.01. The molecule has 3 aromatic rings. The first-order chi connectivity index (χ1) is 12.5. The molecule has 1 aromatic heterocycles. The maximum absolute atomic E-state index is 11.2. The maximum Gasteiger partial charge on any atom is 0.330 e. The van der Waals surface area contributed by atoms with Crippen LogP contribution >= 0.6 is 0 Å². The summed E-state index contributed by atoms with van der Waals surface area (Å²) < 4.78 is 17.0. The number of hydrogen-bond donors (Lipinski definition) is 0. The van der Waals surface area contributed by atoms with Gasteiger partial charge >= 0.3 is 5.97 Å². The molecule has 4 nitrogen and oxygen atoms in total. The number of ether oxygens (including phenoxy) is 2. The molecular weight excluding hydrogens is 328 g/mol. The van der Waals surface area contributed by atoms with Crippen LogP contribution < -0.4 is 4.74 Å². The van der Waals surface area contributed by atoms with Crippen molar-refractivity contribution in [2.75, 3.05) is 13.2 Å². The molecule has 134 valence electrons. The van der Waals surface area contributed by atoms with E-state index in [4.69, 9.17) is 13.9 Å². The summed E-state index contributed by atoms with van der Waals surface area (Å²) in [5, 5.41) is 1.02. The highest BCUT2D eigenvalue weighted by atomic mass is 16.5. The van der Waals surface area contributed by atoms with Crippen molar-refractivity contribution < 1.29 is 18.7 Å². The molecule has 0 saturated heterocycles. The number of benzene rings is 2. The molecule has 26 heavy (non-hydrogen) atoms. The van der Waals surface area contributed by atoms with Gasteiger partial charge in [0.15, 0.2) is 0 Å². The molecule has 0 atom stereocenters. The predicted molar refractivity (Wildman–Crippen MR) is 102 cm³/mol. The van der Waals surface area contributed by atoms with E-state index in [0.29, 0.717) is 6.61 Å². The van der Waals surface area contributed by atoms with Crippen LogP contribution in [-0.2, 0) is 9.53 Å². The number of hydrogen-bond acceptors (Lipinski definition) is 4. The summed E-state index contributed by atoms with van der Waals surface area (Å²) in [4.78, 5) is 11.2. The summed E-state index contributed by atoms with van der Waals surface area (Å²) in [5.74, 6) is 1.12. The zero-order valence-corrected chi connectivity index (χ0v) is 15.0. The lowest BCUT2D eigenvalue weighted by Gasteiger charge is -2.23. The largest absolute Gasteiger partial charge is 0.493 e. The van der Waals surface area contributed by atoms with Gasteiger partial charge in [0.25, 0.3) is 0 Å². The highest BCUT2D eigenvalue weighted by Gasteiger charge is 2.21. The Morgan fingerprint density at radius 1 is 1.12 bits per heavy atom.